The molecule has 1 aliphatic heterocycles. The summed E-state index contributed by atoms with van der Waals surface area (Å²) in [4.78, 5) is 51.8. The SMILES string of the molecule is Cc1ccccc1N1C(=O)c2ccc(C(=O)OCC(=O)Nc3ccccc3C(C)C)cc2C1=O. The molecular formula is C27H24N2O5. The number of hydrogen-bond acceptors (Lipinski definition) is 5. The molecule has 7 nitrogen and oxygen atoms in total. The van der Waals surface area contributed by atoms with E-state index >= 15 is 0 Å². The topological polar surface area (TPSA) is 92.8 Å². The van der Waals surface area contributed by atoms with Crippen LogP contribution in [0.15, 0.2) is 66.7 Å². The van der Waals surface area contributed by atoms with E-state index in [1.807, 2.05) is 51.1 Å². The lowest BCUT2D eigenvalue weighted by Gasteiger charge is -2.16. The number of carbonyl (C=O) groups is 4. The maximum atomic E-state index is 13.0. The Kier molecular flexibility index (Phi) is 6.27. The highest BCUT2D eigenvalue weighted by Gasteiger charge is 2.37. The fraction of sp³-hybridized carbons (Fsp3) is 0.185. The maximum Gasteiger partial charge on any atom is 0.338 e. The fourth-order valence-corrected chi connectivity index (χ4v) is 3.92. The van der Waals surface area contributed by atoms with Crippen LogP contribution in [0.4, 0.5) is 11.4 Å². The molecule has 0 saturated heterocycles. The second-order valence-electron chi connectivity index (χ2n) is 8.36. The summed E-state index contributed by atoms with van der Waals surface area (Å²) in [5, 5.41) is 2.76. The Morgan fingerprint density at radius 2 is 1.59 bits per heavy atom. The summed E-state index contributed by atoms with van der Waals surface area (Å²) in [7, 11) is 0. The van der Waals surface area contributed by atoms with Crippen molar-refractivity contribution in [1.82, 2.24) is 0 Å². The van der Waals surface area contributed by atoms with Crippen molar-refractivity contribution in [2.45, 2.75) is 26.7 Å². The van der Waals surface area contributed by atoms with Crippen LogP contribution in [0.25, 0.3) is 0 Å². The number of fused-ring (bicyclic) bond motifs is 1. The minimum atomic E-state index is -0.760. The van der Waals surface area contributed by atoms with Crippen molar-refractivity contribution in [2.24, 2.45) is 0 Å². The number of nitrogens with zero attached hydrogens (tertiary/aromatic N) is 1. The third-order valence-corrected chi connectivity index (χ3v) is 5.67. The molecule has 0 spiro atoms. The van der Waals surface area contributed by atoms with E-state index in [9.17, 15) is 19.2 Å². The van der Waals surface area contributed by atoms with Crippen LogP contribution >= 0.6 is 0 Å². The number of para-hydroxylation sites is 2. The minimum Gasteiger partial charge on any atom is -0.452 e. The van der Waals surface area contributed by atoms with Crippen LogP contribution in [-0.2, 0) is 9.53 Å². The van der Waals surface area contributed by atoms with E-state index in [1.54, 1.807) is 18.2 Å². The molecule has 3 aromatic carbocycles. The Morgan fingerprint density at radius 3 is 2.32 bits per heavy atom. The number of anilines is 2. The number of carbonyl (C=O) groups excluding carboxylic acids is 4. The molecule has 3 amide bonds. The van der Waals surface area contributed by atoms with Gasteiger partial charge in [0.05, 0.1) is 22.4 Å². The minimum absolute atomic E-state index is 0.0851. The number of amides is 3. The molecule has 7 heteroatoms. The molecule has 0 aliphatic carbocycles. The molecule has 1 heterocycles. The first-order valence-corrected chi connectivity index (χ1v) is 10.9. The van der Waals surface area contributed by atoms with Gasteiger partial charge in [-0.05, 0) is 54.3 Å². The highest BCUT2D eigenvalue weighted by atomic mass is 16.5. The average Bonchev–Trinajstić information content (AvgIpc) is 3.07. The van der Waals surface area contributed by atoms with Gasteiger partial charge in [-0.1, -0.05) is 50.2 Å². The Labute approximate surface area is 197 Å². The third-order valence-electron chi connectivity index (χ3n) is 5.67. The van der Waals surface area contributed by atoms with Crippen molar-refractivity contribution in [1.29, 1.82) is 0 Å². The van der Waals surface area contributed by atoms with Gasteiger partial charge in [-0.3, -0.25) is 14.4 Å². The number of aryl methyl sites for hydroxylation is 1. The van der Waals surface area contributed by atoms with Gasteiger partial charge in [-0.15, -0.1) is 0 Å². The molecule has 0 aromatic heterocycles. The molecule has 0 radical (unpaired) electrons. The van der Waals surface area contributed by atoms with E-state index in [4.69, 9.17) is 4.74 Å². The summed E-state index contributed by atoms with van der Waals surface area (Å²) in [6.07, 6.45) is 0. The fourth-order valence-electron chi connectivity index (χ4n) is 3.92. The van der Waals surface area contributed by atoms with Crippen LogP contribution < -0.4 is 10.2 Å². The smallest absolute Gasteiger partial charge is 0.338 e. The number of benzene rings is 3. The quantitative estimate of drug-likeness (QED) is 0.428. The van der Waals surface area contributed by atoms with E-state index in [-0.39, 0.29) is 22.6 Å². The van der Waals surface area contributed by atoms with E-state index in [2.05, 4.69) is 5.32 Å². The molecule has 1 N–H and O–H groups in total. The molecule has 0 bridgehead atoms. The van der Waals surface area contributed by atoms with Gasteiger partial charge in [0.1, 0.15) is 0 Å². The molecule has 1 aliphatic rings. The maximum absolute atomic E-state index is 13.0. The Balaban J connectivity index is 1.46. The van der Waals surface area contributed by atoms with E-state index in [0.29, 0.717) is 11.4 Å². The van der Waals surface area contributed by atoms with Gasteiger partial charge in [-0.2, -0.15) is 0 Å². The Morgan fingerprint density at radius 1 is 0.912 bits per heavy atom. The normalized spacial score (nSPS) is 12.6. The second kappa shape index (κ2) is 9.31. The first-order chi connectivity index (χ1) is 16.3. The zero-order valence-electron chi connectivity index (χ0n) is 19.1. The Hall–Kier alpha value is -4.26. The lowest BCUT2D eigenvalue weighted by molar-refractivity contribution is -0.119. The van der Waals surface area contributed by atoms with Gasteiger partial charge in [0.25, 0.3) is 17.7 Å². The Bertz CT molecular complexity index is 1310. The summed E-state index contributed by atoms with van der Waals surface area (Å²) in [5.74, 6) is -1.97. The molecule has 0 atom stereocenters. The number of rotatable bonds is 6. The first-order valence-electron chi connectivity index (χ1n) is 10.9. The number of nitrogens with one attached hydrogen (secondary N) is 1. The van der Waals surface area contributed by atoms with Crippen molar-refractivity contribution in [3.8, 4) is 0 Å². The summed E-state index contributed by atoms with van der Waals surface area (Å²) in [6, 6.07) is 18.7. The van der Waals surface area contributed by atoms with E-state index in [0.717, 1.165) is 16.0 Å². The molecule has 0 unspecified atom stereocenters. The highest BCUT2D eigenvalue weighted by molar-refractivity contribution is 6.35. The van der Waals surface area contributed by atoms with Crippen molar-refractivity contribution in [3.63, 3.8) is 0 Å². The van der Waals surface area contributed by atoms with Gasteiger partial charge >= 0.3 is 5.97 Å². The van der Waals surface area contributed by atoms with Gasteiger partial charge in [0, 0.05) is 5.69 Å². The van der Waals surface area contributed by atoms with Crippen molar-refractivity contribution in [3.05, 3.63) is 94.5 Å². The molecule has 34 heavy (non-hydrogen) atoms. The highest BCUT2D eigenvalue weighted by Crippen LogP contribution is 2.31. The van der Waals surface area contributed by atoms with E-state index < -0.39 is 30.3 Å². The lowest BCUT2D eigenvalue weighted by atomic mass is 10.0. The molecule has 0 fully saturated rings. The van der Waals surface area contributed by atoms with Crippen molar-refractivity contribution in [2.75, 3.05) is 16.8 Å². The van der Waals surface area contributed by atoms with Gasteiger partial charge in [0.15, 0.2) is 6.61 Å². The van der Waals surface area contributed by atoms with Gasteiger partial charge < -0.3 is 10.1 Å². The summed E-state index contributed by atoms with van der Waals surface area (Å²) in [6.45, 7) is 5.37. The zero-order valence-corrected chi connectivity index (χ0v) is 19.1. The summed E-state index contributed by atoms with van der Waals surface area (Å²) in [5.41, 5.74) is 3.34. The monoisotopic (exact) mass is 456 g/mol. The van der Waals surface area contributed by atoms with Crippen LogP contribution in [0.3, 0.4) is 0 Å². The van der Waals surface area contributed by atoms with Crippen LogP contribution in [0.2, 0.25) is 0 Å². The molecular weight excluding hydrogens is 432 g/mol. The van der Waals surface area contributed by atoms with Crippen molar-refractivity contribution < 1.29 is 23.9 Å². The molecule has 0 saturated carbocycles. The van der Waals surface area contributed by atoms with Gasteiger partial charge in [-0.25, -0.2) is 9.69 Å². The number of hydrogen-bond donors (Lipinski definition) is 1. The summed E-state index contributed by atoms with van der Waals surface area (Å²) >= 11 is 0. The van der Waals surface area contributed by atoms with Crippen LogP contribution in [0, 0.1) is 6.92 Å². The van der Waals surface area contributed by atoms with Gasteiger partial charge in [0.2, 0.25) is 0 Å². The van der Waals surface area contributed by atoms with E-state index in [1.165, 1.54) is 18.2 Å². The molecule has 4 rings (SSSR count). The third kappa shape index (κ3) is 4.32. The lowest BCUT2D eigenvalue weighted by Crippen LogP contribution is -2.29. The first kappa shape index (κ1) is 22.9. The molecule has 3 aromatic rings. The molecule has 172 valence electrons. The predicted octanol–water partition coefficient (Wildman–Crippen LogP) is 4.71. The van der Waals surface area contributed by atoms with Crippen LogP contribution in [0.1, 0.15) is 62.0 Å². The second-order valence-corrected chi connectivity index (χ2v) is 8.36. The standard InChI is InChI=1S/C27H24N2O5/c1-16(2)19-9-5-6-10-22(19)28-24(30)15-34-27(33)18-12-13-20-21(14-18)26(32)29(25(20)31)23-11-7-4-8-17(23)3/h4-14,16H,15H2,1-3H3,(H,28,30). The van der Waals surface area contributed by atoms with Crippen molar-refractivity contribution >= 4 is 35.1 Å². The largest absolute Gasteiger partial charge is 0.452 e. The number of ether oxygens (including phenoxy) is 1. The number of imide groups is 1. The zero-order chi connectivity index (χ0) is 24.4. The van der Waals surface area contributed by atoms with Crippen LogP contribution in [-0.4, -0.2) is 30.3 Å². The van der Waals surface area contributed by atoms with Crippen LogP contribution in [0.5, 0.6) is 0 Å². The average molecular weight is 456 g/mol. The predicted molar refractivity (Wildman–Crippen MR) is 128 cm³/mol. The number of esters is 1. The summed E-state index contributed by atoms with van der Waals surface area (Å²) < 4.78 is 5.15.